The Kier molecular flexibility index (Phi) is 4.77. The number of hydrogen-bond donors (Lipinski definition) is 1. The van der Waals surface area contributed by atoms with Gasteiger partial charge in [-0.2, -0.15) is 0 Å². The molecule has 5 rings (SSSR count). The van der Waals surface area contributed by atoms with E-state index in [9.17, 15) is 4.79 Å². The van der Waals surface area contributed by atoms with E-state index in [0.29, 0.717) is 0 Å². The van der Waals surface area contributed by atoms with Gasteiger partial charge in [0.2, 0.25) is 0 Å². The molecule has 172 valence electrons. The third-order valence-corrected chi connectivity index (χ3v) is 8.62. The Balaban J connectivity index is 1.37. The molecule has 2 atom stereocenters. The van der Waals surface area contributed by atoms with Crippen molar-refractivity contribution >= 4 is 41.5 Å². The first-order chi connectivity index (χ1) is 14.8. The number of carbonyl (C=O) groups excluding carboxylic acids is 1. The zero-order chi connectivity index (χ0) is 23.1. The smallest absolute Gasteiger partial charge is 0.444 e. The Hall–Kier alpha value is -1.71. The minimum absolute atomic E-state index is 0.130. The minimum Gasteiger partial charge on any atom is -0.444 e. The number of carbonyl (C=O) groups is 1. The quantitative estimate of drug-likeness (QED) is 0.533. The van der Waals surface area contributed by atoms with Crippen molar-refractivity contribution < 1.29 is 18.8 Å². The van der Waals surface area contributed by atoms with Gasteiger partial charge in [-0.1, -0.05) is 6.07 Å². The van der Waals surface area contributed by atoms with Gasteiger partial charge in [0.15, 0.2) is 0 Å². The van der Waals surface area contributed by atoms with E-state index in [4.69, 9.17) is 19.0 Å². The maximum Gasteiger partial charge on any atom is 0.494 e. The van der Waals surface area contributed by atoms with Crippen LogP contribution < -0.4 is 5.46 Å². The van der Waals surface area contributed by atoms with Crippen LogP contribution in [0.3, 0.4) is 0 Å². The summed E-state index contributed by atoms with van der Waals surface area (Å²) < 4.78 is 18.1. The summed E-state index contributed by atoms with van der Waals surface area (Å²) in [5.74, 6) is 0.909. The zero-order valence-electron chi connectivity index (χ0n) is 19.9. The number of imidazole rings is 1. The van der Waals surface area contributed by atoms with Gasteiger partial charge in [-0.15, -0.1) is 11.8 Å². The zero-order valence-corrected chi connectivity index (χ0v) is 20.8. The van der Waals surface area contributed by atoms with E-state index in [-0.39, 0.29) is 27.4 Å². The topological polar surface area (TPSA) is 76.7 Å². The van der Waals surface area contributed by atoms with Crippen molar-refractivity contribution in [3.8, 4) is 0 Å². The highest BCUT2D eigenvalue weighted by Gasteiger charge is 2.65. The molecule has 4 heterocycles. The van der Waals surface area contributed by atoms with E-state index in [1.165, 1.54) is 0 Å². The Morgan fingerprint density at radius 3 is 2.59 bits per heavy atom. The first kappa shape index (κ1) is 22.1. The number of aromatic nitrogens is 2. The fourth-order valence-corrected chi connectivity index (χ4v) is 5.98. The van der Waals surface area contributed by atoms with Crippen molar-refractivity contribution in [1.29, 1.82) is 0 Å². The molecule has 7 nitrogen and oxygen atoms in total. The Bertz CT molecular complexity index is 1060. The number of amides is 1. The first-order valence-electron chi connectivity index (χ1n) is 11.4. The third-order valence-electron chi connectivity index (χ3n) is 6.96. The lowest BCUT2D eigenvalue weighted by molar-refractivity contribution is 0.00578. The summed E-state index contributed by atoms with van der Waals surface area (Å²) in [6, 6.07) is 6.09. The van der Waals surface area contributed by atoms with Crippen LogP contribution in [0.4, 0.5) is 4.79 Å². The number of ether oxygens (including phenoxy) is 1. The first-order valence-corrected chi connectivity index (χ1v) is 12.2. The fraction of sp³-hybridized carbons (Fsp3) is 0.652. The Morgan fingerprint density at radius 1 is 1.25 bits per heavy atom. The number of H-pyrrole nitrogens is 1. The van der Waals surface area contributed by atoms with E-state index in [2.05, 4.69) is 38.7 Å². The van der Waals surface area contributed by atoms with Crippen LogP contribution >= 0.6 is 11.8 Å². The second kappa shape index (κ2) is 6.90. The van der Waals surface area contributed by atoms with E-state index in [1.54, 1.807) is 11.8 Å². The minimum atomic E-state index is -0.501. The standard InChI is InChI=1S/C23H32BN3O4S/c1-20(2,3)29-19(28)27-12-8-11-23(27)17(32-23)18-25-15-10-9-14(13-16(15)26-18)24-30-21(4,5)22(6,7)31-24/h9-10,13,17H,8,11-12H2,1-7H3,(H,25,26). The van der Waals surface area contributed by atoms with Gasteiger partial charge in [-0.25, -0.2) is 9.78 Å². The monoisotopic (exact) mass is 457 g/mol. The molecule has 1 aromatic heterocycles. The molecule has 3 fully saturated rings. The fourth-order valence-electron chi connectivity index (χ4n) is 4.51. The molecule has 3 aliphatic heterocycles. The summed E-state index contributed by atoms with van der Waals surface area (Å²) >= 11 is 1.79. The van der Waals surface area contributed by atoms with Crippen molar-refractivity contribution in [1.82, 2.24) is 14.9 Å². The molecule has 1 aromatic carbocycles. The molecule has 0 bridgehead atoms. The predicted octanol–water partition coefficient (Wildman–Crippen LogP) is 4.38. The average molecular weight is 457 g/mol. The van der Waals surface area contributed by atoms with Crippen LogP contribution in [0.5, 0.6) is 0 Å². The van der Waals surface area contributed by atoms with Gasteiger partial charge >= 0.3 is 13.2 Å². The molecule has 0 aliphatic carbocycles. The number of likely N-dealkylation sites (tertiary alicyclic amines) is 1. The normalized spacial score (nSPS) is 28.7. The molecule has 32 heavy (non-hydrogen) atoms. The number of nitrogens with one attached hydrogen (secondary N) is 1. The lowest BCUT2D eigenvalue weighted by Crippen LogP contribution is -2.41. The molecule has 3 aliphatic rings. The van der Waals surface area contributed by atoms with E-state index >= 15 is 0 Å². The number of hydrogen-bond acceptors (Lipinski definition) is 6. The van der Waals surface area contributed by atoms with Gasteiger partial charge in [0, 0.05) is 6.54 Å². The van der Waals surface area contributed by atoms with Crippen LogP contribution in [0.15, 0.2) is 18.2 Å². The van der Waals surface area contributed by atoms with Gasteiger partial charge < -0.3 is 19.0 Å². The molecule has 1 spiro atoms. The third kappa shape index (κ3) is 3.53. The van der Waals surface area contributed by atoms with Gasteiger partial charge in [-0.3, -0.25) is 4.90 Å². The van der Waals surface area contributed by atoms with Gasteiger partial charge in [0.05, 0.1) is 27.5 Å². The largest absolute Gasteiger partial charge is 0.494 e. The molecule has 1 amide bonds. The van der Waals surface area contributed by atoms with Crippen LogP contribution in [-0.4, -0.2) is 56.3 Å². The second-order valence-corrected chi connectivity index (χ2v) is 12.5. The molecule has 9 heteroatoms. The molecule has 3 saturated heterocycles. The molecule has 1 N–H and O–H groups in total. The van der Waals surface area contributed by atoms with E-state index in [0.717, 1.165) is 41.7 Å². The summed E-state index contributed by atoms with van der Waals surface area (Å²) in [6.45, 7) is 14.7. The van der Waals surface area contributed by atoms with Crippen LogP contribution in [0, 0.1) is 0 Å². The maximum absolute atomic E-state index is 12.8. The van der Waals surface area contributed by atoms with E-state index < -0.39 is 12.7 Å². The molecule has 2 unspecified atom stereocenters. The van der Waals surface area contributed by atoms with Gasteiger partial charge in [0.1, 0.15) is 16.3 Å². The number of nitrogens with zero attached hydrogens (tertiary/aromatic N) is 2. The summed E-state index contributed by atoms with van der Waals surface area (Å²) in [5.41, 5.74) is 1.58. The number of rotatable bonds is 2. The number of aromatic amines is 1. The van der Waals surface area contributed by atoms with Crippen molar-refractivity contribution in [3.05, 3.63) is 24.0 Å². The summed E-state index contributed by atoms with van der Waals surface area (Å²) in [4.78, 5) is 22.8. The molecule has 0 saturated carbocycles. The van der Waals surface area contributed by atoms with Crippen LogP contribution in [0.1, 0.15) is 72.4 Å². The highest BCUT2D eigenvalue weighted by Crippen LogP contribution is 2.70. The molecule has 2 aromatic rings. The SMILES string of the molecule is CC(C)(C)OC(=O)N1CCCC12SC2c1nc2ccc(B3OC(C)(C)C(C)(C)O3)cc2[nH]1. The number of fused-ring (bicyclic) bond motifs is 1. The molecular weight excluding hydrogens is 425 g/mol. The maximum atomic E-state index is 12.8. The lowest BCUT2D eigenvalue weighted by Gasteiger charge is -2.32. The highest BCUT2D eigenvalue weighted by molar-refractivity contribution is 8.08. The van der Waals surface area contributed by atoms with Crippen molar-refractivity contribution in [2.75, 3.05) is 6.54 Å². The Morgan fingerprint density at radius 2 is 1.94 bits per heavy atom. The van der Waals surface area contributed by atoms with Crippen LogP contribution in [-0.2, 0) is 14.0 Å². The van der Waals surface area contributed by atoms with Gasteiger partial charge in [0.25, 0.3) is 0 Å². The lowest BCUT2D eigenvalue weighted by atomic mass is 9.79. The van der Waals surface area contributed by atoms with Crippen molar-refractivity contribution in [2.45, 2.75) is 88.2 Å². The van der Waals surface area contributed by atoms with Crippen molar-refractivity contribution in [3.63, 3.8) is 0 Å². The van der Waals surface area contributed by atoms with Crippen LogP contribution in [0.25, 0.3) is 11.0 Å². The average Bonchev–Trinajstić information content (AvgIpc) is 2.94. The highest BCUT2D eigenvalue weighted by atomic mass is 32.2. The van der Waals surface area contributed by atoms with Crippen LogP contribution in [0.2, 0.25) is 0 Å². The number of benzene rings is 1. The van der Waals surface area contributed by atoms with Gasteiger partial charge in [-0.05, 0) is 78.9 Å². The molecule has 0 radical (unpaired) electrons. The molecular formula is C23H32BN3O4S. The van der Waals surface area contributed by atoms with Crippen molar-refractivity contribution in [2.24, 2.45) is 0 Å². The number of thioether (sulfide) groups is 1. The summed E-state index contributed by atoms with van der Waals surface area (Å²) in [5, 5.41) is 0.130. The predicted molar refractivity (Wildman–Crippen MR) is 127 cm³/mol. The second-order valence-electron chi connectivity index (χ2n) is 11.1. The summed E-state index contributed by atoms with van der Waals surface area (Å²) in [6.07, 6.45) is 1.71. The van der Waals surface area contributed by atoms with E-state index in [1.807, 2.05) is 37.8 Å². The Labute approximate surface area is 194 Å². The summed E-state index contributed by atoms with van der Waals surface area (Å²) in [7, 11) is -0.407.